The first-order valence-corrected chi connectivity index (χ1v) is 10.5. The van der Waals surface area contributed by atoms with Gasteiger partial charge < -0.3 is 5.73 Å². The van der Waals surface area contributed by atoms with E-state index in [1.165, 1.54) is 0 Å². The van der Waals surface area contributed by atoms with Gasteiger partial charge in [0.2, 0.25) is 0 Å². The molecule has 3 rings (SSSR count). The number of carbonyl (C=O) groups is 1. The molecule has 2 aromatic heterocycles. The zero-order chi connectivity index (χ0) is 20.3. The van der Waals surface area contributed by atoms with Crippen LogP contribution in [0.2, 0.25) is 10.0 Å². The van der Waals surface area contributed by atoms with Gasteiger partial charge in [0.1, 0.15) is 0 Å². The molecule has 0 unspecified atom stereocenters. The summed E-state index contributed by atoms with van der Waals surface area (Å²) in [5.74, 6) is 5.77. The molecule has 0 saturated carbocycles. The molecule has 0 spiro atoms. The Morgan fingerprint density at radius 1 is 1.25 bits per heavy atom. The number of rotatable bonds is 5. The zero-order valence-corrected chi connectivity index (χ0v) is 17.9. The normalized spacial score (nSPS) is 10.6. The molecule has 28 heavy (non-hydrogen) atoms. The van der Waals surface area contributed by atoms with Gasteiger partial charge in [-0.15, -0.1) is 11.3 Å². The van der Waals surface area contributed by atoms with Gasteiger partial charge in [-0.25, -0.2) is 4.68 Å². The third kappa shape index (κ3) is 4.10. The van der Waals surface area contributed by atoms with Crippen LogP contribution in [0.1, 0.15) is 47.6 Å². The first-order chi connectivity index (χ1) is 13.5. The quantitative estimate of drug-likeness (QED) is 0.524. The molecule has 0 atom stereocenters. The minimum absolute atomic E-state index is 0.246. The molecular formula is C21H19Cl2N3OS. The van der Waals surface area contributed by atoms with E-state index >= 15 is 0 Å². The van der Waals surface area contributed by atoms with E-state index in [1.807, 2.05) is 19.1 Å². The van der Waals surface area contributed by atoms with Crippen LogP contribution in [0.25, 0.3) is 16.3 Å². The summed E-state index contributed by atoms with van der Waals surface area (Å²) in [6.07, 6.45) is 2.49. The standard InChI is InChI=1S/C21H19Cl2N3OS/c1-3-5-6-7-14-9-11-18(28-14)20-15(4-2)19(21(24)27)25-26(20)17-10-8-13(22)12-16(17)23/h8-12H,3-5H2,1-2H3,(H2,24,27). The van der Waals surface area contributed by atoms with E-state index in [9.17, 15) is 4.79 Å². The SMILES string of the molecule is CCCC#Cc1ccc(-c2c(CC)c(C(N)=O)nn2-c2ccc(Cl)cc2Cl)s1. The van der Waals surface area contributed by atoms with Crippen LogP contribution in [0, 0.1) is 11.8 Å². The lowest BCUT2D eigenvalue weighted by atomic mass is 10.1. The number of aromatic nitrogens is 2. The summed E-state index contributed by atoms with van der Waals surface area (Å²) in [5.41, 5.74) is 8.06. The molecule has 0 bridgehead atoms. The third-order valence-corrected chi connectivity index (χ3v) is 5.68. The second kappa shape index (κ2) is 8.83. The van der Waals surface area contributed by atoms with Crippen molar-refractivity contribution in [3.8, 4) is 28.1 Å². The molecule has 0 aliphatic carbocycles. The van der Waals surface area contributed by atoms with Crippen LogP contribution in [-0.2, 0) is 6.42 Å². The van der Waals surface area contributed by atoms with Crippen molar-refractivity contribution in [2.75, 3.05) is 0 Å². The molecule has 0 radical (unpaired) electrons. The van der Waals surface area contributed by atoms with E-state index in [4.69, 9.17) is 28.9 Å². The van der Waals surface area contributed by atoms with Gasteiger partial charge >= 0.3 is 0 Å². The van der Waals surface area contributed by atoms with Crippen LogP contribution in [-0.4, -0.2) is 15.7 Å². The molecule has 1 aromatic carbocycles. The Labute approximate surface area is 178 Å². The second-order valence-corrected chi connectivity index (χ2v) is 8.04. The number of unbranched alkanes of at least 4 members (excludes halogenated alkanes) is 1. The number of hydrogen-bond donors (Lipinski definition) is 1. The predicted octanol–water partition coefficient (Wildman–Crippen LogP) is 5.72. The van der Waals surface area contributed by atoms with Gasteiger partial charge in [-0.2, -0.15) is 5.10 Å². The van der Waals surface area contributed by atoms with Crippen molar-refractivity contribution in [1.82, 2.24) is 9.78 Å². The third-order valence-electron chi connectivity index (χ3n) is 4.13. The largest absolute Gasteiger partial charge is 0.364 e. The topological polar surface area (TPSA) is 60.9 Å². The highest BCUT2D eigenvalue weighted by Crippen LogP contribution is 2.36. The molecule has 7 heteroatoms. The van der Waals surface area contributed by atoms with E-state index in [1.54, 1.807) is 34.2 Å². The van der Waals surface area contributed by atoms with Crippen molar-refractivity contribution in [2.24, 2.45) is 5.73 Å². The number of nitrogens with zero attached hydrogens (tertiary/aromatic N) is 2. The van der Waals surface area contributed by atoms with E-state index < -0.39 is 5.91 Å². The van der Waals surface area contributed by atoms with Crippen LogP contribution < -0.4 is 5.73 Å². The Hall–Kier alpha value is -2.26. The van der Waals surface area contributed by atoms with E-state index in [-0.39, 0.29) is 5.69 Å². The fraction of sp³-hybridized carbons (Fsp3) is 0.238. The van der Waals surface area contributed by atoms with Crippen molar-refractivity contribution < 1.29 is 4.79 Å². The summed E-state index contributed by atoms with van der Waals surface area (Å²) < 4.78 is 1.67. The molecule has 2 N–H and O–H groups in total. The highest BCUT2D eigenvalue weighted by molar-refractivity contribution is 7.16. The van der Waals surface area contributed by atoms with Crippen LogP contribution in [0.15, 0.2) is 30.3 Å². The number of primary amides is 1. The Bertz CT molecular complexity index is 1090. The van der Waals surface area contributed by atoms with Crippen LogP contribution in [0.3, 0.4) is 0 Å². The number of carbonyl (C=O) groups excluding carboxylic acids is 1. The van der Waals surface area contributed by atoms with Gasteiger partial charge in [-0.05, 0) is 43.2 Å². The van der Waals surface area contributed by atoms with Gasteiger partial charge in [0.25, 0.3) is 5.91 Å². The smallest absolute Gasteiger partial charge is 0.269 e. The molecule has 4 nitrogen and oxygen atoms in total. The predicted molar refractivity (Wildman–Crippen MR) is 117 cm³/mol. The Morgan fingerprint density at radius 3 is 2.68 bits per heavy atom. The summed E-state index contributed by atoms with van der Waals surface area (Å²) in [5, 5.41) is 5.45. The summed E-state index contributed by atoms with van der Waals surface area (Å²) in [4.78, 5) is 13.9. The van der Waals surface area contributed by atoms with Gasteiger partial charge in [-0.1, -0.05) is 48.9 Å². The fourth-order valence-corrected chi connectivity index (χ4v) is 4.30. The Kier molecular flexibility index (Phi) is 6.46. The summed E-state index contributed by atoms with van der Waals surface area (Å²) in [6, 6.07) is 9.13. The van der Waals surface area contributed by atoms with E-state index in [2.05, 4.69) is 23.9 Å². The molecule has 1 amide bonds. The summed E-state index contributed by atoms with van der Waals surface area (Å²) in [7, 11) is 0. The van der Waals surface area contributed by atoms with E-state index in [0.717, 1.165) is 33.9 Å². The monoisotopic (exact) mass is 431 g/mol. The lowest BCUT2D eigenvalue weighted by molar-refractivity contribution is 0.0994. The van der Waals surface area contributed by atoms with E-state index in [0.29, 0.717) is 22.2 Å². The van der Waals surface area contributed by atoms with Crippen molar-refractivity contribution in [1.29, 1.82) is 0 Å². The number of amides is 1. The summed E-state index contributed by atoms with van der Waals surface area (Å²) in [6.45, 7) is 4.07. The first kappa shape index (κ1) is 20.5. The molecule has 3 aromatic rings. The Morgan fingerprint density at radius 2 is 2.04 bits per heavy atom. The molecule has 0 fully saturated rings. The van der Waals surface area contributed by atoms with Crippen molar-refractivity contribution in [3.63, 3.8) is 0 Å². The van der Waals surface area contributed by atoms with Gasteiger partial charge in [-0.3, -0.25) is 4.79 Å². The maximum atomic E-state index is 12.0. The highest BCUT2D eigenvalue weighted by atomic mass is 35.5. The van der Waals surface area contributed by atoms with Gasteiger partial charge in [0.05, 0.1) is 26.2 Å². The highest BCUT2D eigenvalue weighted by Gasteiger charge is 2.24. The minimum atomic E-state index is -0.568. The number of nitrogens with two attached hydrogens (primary N) is 1. The number of thiophene rings is 1. The number of halogens is 2. The molecule has 2 heterocycles. The van der Waals surface area contributed by atoms with Crippen molar-refractivity contribution >= 4 is 40.4 Å². The Balaban J connectivity index is 2.22. The fourth-order valence-electron chi connectivity index (χ4n) is 2.87. The van der Waals surface area contributed by atoms with Gasteiger partial charge in [0.15, 0.2) is 5.69 Å². The van der Waals surface area contributed by atoms with Crippen LogP contribution in [0.4, 0.5) is 0 Å². The number of benzene rings is 1. The second-order valence-electron chi connectivity index (χ2n) is 6.12. The zero-order valence-electron chi connectivity index (χ0n) is 15.6. The van der Waals surface area contributed by atoms with Gasteiger partial charge in [0, 0.05) is 17.0 Å². The minimum Gasteiger partial charge on any atom is -0.364 e. The molecule has 0 saturated heterocycles. The average molecular weight is 432 g/mol. The molecule has 0 aliphatic heterocycles. The van der Waals surface area contributed by atoms with Crippen LogP contribution >= 0.6 is 34.5 Å². The van der Waals surface area contributed by atoms with Crippen molar-refractivity contribution in [2.45, 2.75) is 33.1 Å². The van der Waals surface area contributed by atoms with Crippen LogP contribution in [0.5, 0.6) is 0 Å². The first-order valence-electron chi connectivity index (χ1n) is 8.92. The van der Waals surface area contributed by atoms with Crippen molar-refractivity contribution in [3.05, 3.63) is 56.5 Å². The maximum Gasteiger partial charge on any atom is 0.269 e. The lowest BCUT2D eigenvalue weighted by Gasteiger charge is -2.09. The molecule has 0 aliphatic rings. The summed E-state index contributed by atoms with van der Waals surface area (Å²) >= 11 is 14.0. The number of hydrogen-bond acceptors (Lipinski definition) is 3. The average Bonchev–Trinajstić information content (AvgIpc) is 3.26. The lowest BCUT2D eigenvalue weighted by Crippen LogP contribution is -2.14. The maximum absolute atomic E-state index is 12.0. The molecular weight excluding hydrogens is 413 g/mol. The molecule has 144 valence electrons.